The molecule has 1 atom stereocenters. The minimum absolute atomic E-state index is 0.147. The smallest absolute Gasteiger partial charge is 0.253 e. The number of rotatable bonds is 6. The fraction of sp³-hybridized carbons (Fsp3) is 0.455. The van der Waals surface area contributed by atoms with E-state index in [4.69, 9.17) is 0 Å². The number of guanidine groups is 1. The molecule has 0 spiro atoms. The maximum atomic E-state index is 12.7. The summed E-state index contributed by atoms with van der Waals surface area (Å²) in [6.45, 7) is 5.42. The second-order valence-corrected chi connectivity index (χ2v) is 8.26. The van der Waals surface area contributed by atoms with Gasteiger partial charge in [0.1, 0.15) is 0 Å². The normalized spacial score (nSPS) is 15.9. The zero-order valence-corrected chi connectivity index (χ0v) is 17.6. The van der Waals surface area contributed by atoms with E-state index in [-0.39, 0.29) is 5.91 Å². The lowest BCUT2D eigenvalue weighted by atomic mass is 10.1. The van der Waals surface area contributed by atoms with Crippen LogP contribution in [0.2, 0.25) is 0 Å². The second kappa shape index (κ2) is 10.3. The van der Waals surface area contributed by atoms with Gasteiger partial charge in [0.15, 0.2) is 5.96 Å². The molecule has 2 aromatic rings. The molecule has 1 saturated heterocycles. The monoisotopic (exact) mass is 398 g/mol. The van der Waals surface area contributed by atoms with E-state index in [0.717, 1.165) is 49.6 Å². The summed E-state index contributed by atoms with van der Waals surface area (Å²) in [5.74, 6) is 1.36. The molecule has 1 unspecified atom stereocenters. The third kappa shape index (κ3) is 5.58. The van der Waals surface area contributed by atoms with Crippen molar-refractivity contribution in [3.63, 3.8) is 0 Å². The fourth-order valence-corrected chi connectivity index (χ4v) is 4.21. The van der Waals surface area contributed by atoms with E-state index in [1.54, 1.807) is 18.4 Å². The number of nitrogens with one attached hydrogen (secondary N) is 2. The average molecular weight is 399 g/mol. The Morgan fingerprint density at radius 2 is 2.00 bits per heavy atom. The molecular formula is C22H30N4OS. The first kappa shape index (κ1) is 20.4. The number of thiophene rings is 1. The molecule has 2 N–H and O–H groups in total. The number of likely N-dealkylation sites (tertiary alicyclic amines) is 1. The number of aliphatic imine (C=N–C) groups is 1. The maximum absolute atomic E-state index is 12.7. The van der Waals surface area contributed by atoms with E-state index in [2.05, 4.69) is 40.1 Å². The van der Waals surface area contributed by atoms with Crippen molar-refractivity contribution in [1.29, 1.82) is 0 Å². The van der Waals surface area contributed by atoms with Crippen LogP contribution >= 0.6 is 11.3 Å². The van der Waals surface area contributed by atoms with Crippen molar-refractivity contribution in [2.24, 2.45) is 4.99 Å². The van der Waals surface area contributed by atoms with Gasteiger partial charge in [-0.1, -0.05) is 25.1 Å². The Morgan fingerprint density at radius 1 is 1.18 bits per heavy atom. The first-order chi connectivity index (χ1) is 13.7. The van der Waals surface area contributed by atoms with Crippen LogP contribution in [0.3, 0.4) is 0 Å². The number of hydrogen-bond acceptors (Lipinski definition) is 3. The highest BCUT2D eigenvalue weighted by Crippen LogP contribution is 2.19. The molecule has 1 aliphatic heterocycles. The van der Waals surface area contributed by atoms with Gasteiger partial charge in [0.25, 0.3) is 5.91 Å². The van der Waals surface area contributed by atoms with Crippen LogP contribution in [-0.2, 0) is 6.54 Å². The molecule has 0 aliphatic carbocycles. The molecule has 150 valence electrons. The Bertz CT molecular complexity index is 782. The van der Waals surface area contributed by atoms with Crippen LogP contribution in [0.15, 0.2) is 46.8 Å². The van der Waals surface area contributed by atoms with Gasteiger partial charge in [0.05, 0.1) is 0 Å². The maximum Gasteiger partial charge on any atom is 0.253 e. The van der Waals surface area contributed by atoms with Gasteiger partial charge in [-0.25, -0.2) is 0 Å². The summed E-state index contributed by atoms with van der Waals surface area (Å²) in [5.41, 5.74) is 1.85. The van der Waals surface area contributed by atoms with Gasteiger partial charge in [-0.15, -0.1) is 11.3 Å². The molecule has 0 radical (unpaired) electrons. The van der Waals surface area contributed by atoms with E-state index >= 15 is 0 Å². The van der Waals surface area contributed by atoms with Gasteiger partial charge in [-0.3, -0.25) is 9.79 Å². The van der Waals surface area contributed by atoms with Gasteiger partial charge < -0.3 is 15.5 Å². The Kier molecular flexibility index (Phi) is 7.48. The van der Waals surface area contributed by atoms with E-state index in [1.807, 2.05) is 29.2 Å². The summed E-state index contributed by atoms with van der Waals surface area (Å²) in [7, 11) is 1.78. The quantitative estimate of drug-likeness (QED) is 0.574. The molecule has 5 nitrogen and oxygen atoms in total. The molecule has 28 heavy (non-hydrogen) atoms. The van der Waals surface area contributed by atoms with Crippen molar-refractivity contribution in [3.05, 3.63) is 57.8 Å². The van der Waals surface area contributed by atoms with Gasteiger partial charge >= 0.3 is 0 Å². The number of hydrogen-bond donors (Lipinski definition) is 2. The van der Waals surface area contributed by atoms with Crippen LogP contribution in [0.4, 0.5) is 0 Å². The summed E-state index contributed by atoms with van der Waals surface area (Å²) >= 11 is 1.78. The zero-order chi connectivity index (χ0) is 19.8. The predicted molar refractivity (Wildman–Crippen MR) is 117 cm³/mol. The average Bonchev–Trinajstić information content (AvgIpc) is 3.29. The lowest BCUT2D eigenvalue weighted by Gasteiger charge is -2.26. The predicted octanol–water partition coefficient (Wildman–Crippen LogP) is 3.84. The summed E-state index contributed by atoms with van der Waals surface area (Å²) in [4.78, 5) is 20.4. The highest BCUT2D eigenvalue weighted by atomic mass is 32.1. The summed E-state index contributed by atoms with van der Waals surface area (Å²) in [5, 5.41) is 8.84. The Balaban J connectivity index is 1.52. The molecule has 0 bridgehead atoms. The van der Waals surface area contributed by atoms with Crippen molar-refractivity contribution in [2.45, 2.75) is 38.6 Å². The van der Waals surface area contributed by atoms with Crippen molar-refractivity contribution in [3.8, 4) is 0 Å². The van der Waals surface area contributed by atoms with Crippen LogP contribution < -0.4 is 10.6 Å². The van der Waals surface area contributed by atoms with Gasteiger partial charge in [0.2, 0.25) is 0 Å². The first-order valence-electron chi connectivity index (χ1n) is 10.0. The van der Waals surface area contributed by atoms with Crippen LogP contribution in [0.1, 0.15) is 52.9 Å². The number of carbonyl (C=O) groups excluding carboxylic acids is 1. The number of benzene rings is 1. The third-order valence-electron chi connectivity index (χ3n) is 5.11. The molecule has 0 saturated carbocycles. The summed E-state index contributed by atoms with van der Waals surface area (Å²) < 4.78 is 0. The first-order valence-corrected chi connectivity index (χ1v) is 10.9. The van der Waals surface area contributed by atoms with E-state index in [0.29, 0.717) is 12.5 Å². The van der Waals surface area contributed by atoms with Crippen molar-refractivity contribution >= 4 is 23.2 Å². The Hall–Kier alpha value is -2.34. The topological polar surface area (TPSA) is 56.7 Å². The fourth-order valence-electron chi connectivity index (χ4n) is 3.42. The summed E-state index contributed by atoms with van der Waals surface area (Å²) in [6.07, 6.45) is 3.45. The van der Waals surface area contributed by atoms with Gasteiger partial charge in [-0.2, -0.15) is 0 Å². The molecular weight excluding hydrogens is 368 g/mol. The van der Waals surface area contributed by atoms with Crippen molar-refractivity contribution in [2.75, 3.05) is 26.7 Å². The molecule has 3 rings (SSSR count). The minimum atomic E-state index is 0.147. The molecule has 1 fully saturated rings. The highest BCUT2D eigenvalue weighted by Gasteiger charge is 2.18. The molecule has 6 heteroatoms. The van der Waals surface area contributed by atoms with Crippen LogP contribution in [0.25, 0.3) is 0 Å². The van der Waals surface area contributed by atoms with E-state index in [9.17, 15) is 4.79 Å². The van der Waals surface area contributed by atoms with Crippen LogP contribution in [0, 0.1) is 0 Å². The molecule has 1 amide bonds. The molecule has 1 aromatic carbocycles. The number of carbonyl (C=O) groups is 1. The lowest BCUT2D eigenvalue weighted by Crippen LogP contribution is -2.38. The molecule has 1 aromatic heterocycles. The highest BCUT2D eigenvalue weighted by molar-refractivity contribution is 7.10. The number of piperidine rings is 1. The van der Waals surface area contributed by atoms with Crippen molar-refractivity contribution in [1.82, 2.24) is 15.5 Å². The number of amides is 1. The Morgan fingerprint density at radius 3 is 2.71 bits per heavy atom. The van der Waals surface area contributed by atoms with Crippen LogP contribution in [-0.4, -0.2) is 43.4 Å². The minimum Gasteiger partial charge on any atom is -0.356 e. The van der Waals surface area contributed by atoms with Gasteiger partial charge in [-0.05, 0) is 48.4 Å². The number of nitrogens with zero attached hydrogens (tertiary/aromatic N) is 2. The Labute approximate surface area is 171 Å². The van der Waals surface area contributed by atoms with Crippen molar-refractivity contribution < 1.29 is 4.79 Å². The van der Waals surface area contributed by atoms with Gasteiger partial charge in [0, 0.05) is 49.6 Å². The van der Waals surface area contributed by atoms with E-state index < -0.39 is 0 Å². The van der Waals surface area contributed by atoms with Crippen LogP contribution in [0.5, 0.6) is 0 Å². The van der Waals surface area contributed by atoms with E-state index in [1.165, 1.54) is 11.3 Å². The largest absolute Gasteiger partial charge is 0.356 e. The third-order valence-corrected chi connectivity index (χ3v) is 6.21. The summed E-state index contributed by atoms with van der Waals surface area (Å²) in [6, 6.07) is 12.2. The lowest BCUT2D eigenvalue weighted by molar-refractivity contribution is 0.0724. The SMILES string of the molecule is CN=C(NCc1cccc(C(=O)N2CCCCC2)c1)NCC(C)c1cccs1. The zero-order valence-electron chi connectivity index (χ0n) is 16.8. The standard InChI is InChI=1S/C22H30N4OS/c1-17(20-10-7-13-28-20)15-24-22(23-2)25-16-18-8-6-9-19(14-18)21(27)26-11-4-3-5-12-26/h6-10,13-14,17H,3-5,11-12,15-16H2,1-2H3,(H2,23,24,25). The second-order valence-electron chi connectivity index (χ2n) is 7.28. The molecule has 1 aliphatic rings. The molecule has 2 heterocycles.